The highest BCUT2D eigenvalue weighted by molar-refractivity contribution is 5.94. The highest BCUT2D eigenvalue weighted by Crippen LogP contribution is 2.26. The lowest BCUT2D eigenvalue weighted by Gasteiger charge is -2.16. The molecular weight excluding hydrogens is 415 g/mol. The molecule has 0 fully saturated rings. The van der Waals surface area contributed by atoms with Crippen LogP contribution in [0.5, 0.6) is 0 Å². The Morgan fingerprint density at radius 2 is 1.81 bits per heavy atom. The maximum absolute atomic E-state index is 15.0. The van der Waals surface area contributed by atoms with Crippen molar-refractivity contribution in [3.63, 3.8) is 0 Å². The number of halogens is 1. The Labute approximate surface area is 183 Å². The fourth-order valence-electron chi connectivity index (χ4n) is 3.39. The first kappa shape index (κ1) is 22.7. The molecule has 0 radical (unpaired) electrons. The summed E-state index contributed by atoms with van der Waals surface area (Å²) in [5, 5.41) is 9.40. The molecule has 0 saturated heterocycles. The van der Waals surface area contributed by atoms with Gasteiger partial charge in [0.15, 0.2) is 5.92 Å². The molecule has 0 spiro atoms. The molecule has 0 bridgehead atoms. The van der Waals surface area contributed by atoms with Crippen LogP contribution in [-0.2, 0) is 20.8 Å². The molecule has 32 heavy (non-hydrogen) atoms. The summed E-state index contributed by atoms with van der Waals surface area (Å²) < 4.78 is 26.4. The van der Waals surface area contributed by atoms with Gasteiger partial charge in [0, 0.05) is 23.7 Å². The molecule has 0 N–H and O–H groups in total. The van der Waals surface area contributed by atoms with E-state index in [1.54, 1.807) is 24.5 Å². The van der Waals surface area contributed by atoms with Crippen LogP contribution in [-0.4, -0.2) is 29.7 Å². The number of carbonyl (C=O) groups excluding carboxylic acids is 2. The van der Waals surface area contributed by atoms with Crippen molar-refractivity contribution in [1.82, 2.24) is 4.57 Å². The van der Waals surface area contributed by atoms with Gasteiger partial charge in [-0.15, -0.1) is 0 Å². The van der Waals surface area contributed by atoms with Gasteiger partial charge in [0.2, 0.25) is 5.43 Å². The summed E-state index contributed by atoms with van der Waals surface area (Å²) in [4.78, 5) is 37.5. The van der Waals surface area contributed by atoms with Gasteiger partial charge in [-0.05, 0) is 31.5 Å². The Balaban J connectivity index is 2.27. The predicted molar refractivity (Wildman–Crippen MR) is 115 cm³/mol. The molecule has 0 aliphatic carbocycles. The monoisotopic (exact) mass is 436 g/mol. The van der Waals surface area contributed by atoms with Crippen molar-refractivity contribution in [2.75, 3.05) is 13.2 Å². The molecule has 8 heteroatoms. The van der Waals surface area contributed by atoms with Crippen LogP contribution < -0.4 is 5.43 Å². The van der Waals surface area contributed by atoms with Gasteiger partial charge in [0.25, 0.3) is 0 Å². The Hall–Kier alpha value is -3.99. The SMILES string of the molecule is CCOC(=O)c1cn(Cc2ccccc2)c2cc(C(C#N)C(=O)OCC)c(F)cc2c1=O. The van der Waals surface area contributed by atoms with Crippen molar-refractivity contribution in [3.8, 4) is 6.07 Å². The van der Waals surface area contributed by atoms with E-state index in [4.69, 9.17) is 9.47 Å². The Morgan fingerprint density at radius 1 is 1.12 bits per heavy atom. The third-order valence-corrected chi connectivity index (χ3v) is 4.85. The zero-order valence-corrected chi connectivity index (χ0v) is 17.6. The molecule has 3 aromatic rings. The number of esters is 2. The van der Waals surface area contributed by atoms with E-state index in [0.29, 0.717) is 0 Å². The fourth-order valence-corrected chi connectivity index (χ4v) is 3.39. The number of fused-ring (bicyclic) bond motifs is 1. The first-order chi connectivity index (χ1) is 15.4. The first-order valence-corrected chi connectivity index (χ1v) is 10.0. The van der Waals surface area contributed by atoms with E-state index >= 15 is 0 Å². The molecule has 1 atom stereocenters. The molecule has 2 aromatic carbocycles. The Kier molecular flexibility index (Phi) is 7.00. The minimum absolute atomic E-state index is 0.0355. The number of pyridine rings is 1. The van der Waals surface area contributed by atoms with Crippen LogP contribution in [0.15, 0.2) is 53.5 Å². The maximum Gasteiger partial charge on any atom is 0.343 e. The van der Waals surface area contributed by atoms with Crippen LogP contribution in [0.1, 0.15) is 41.3 Å². The van der Waals surface area contributed by atoms with Crippen LogP contribution in [0.3, 0.4) is 0 Å². The average Bonchev–Trinajstić information content (AvgIpc) is 2.78. The van der Waals surface area contributed by atoms with Crippen molar-refractivity contribution in [2.24, 2.45) is 0 Å². The van der Waals surface area contributed by atoms with Crippen LogP contribution in [0, 0.1) is 17.1 Å². The molecule has 1 unspecified atom stereocenters. The lowest BCUT2D eigenvalue weighted by Crippen LogP contribution is -2.22. The summed E-state index contributed by atoms with van der Waals surface area (Å²) in [7, 11) is 0. The van der Waals surface area contributed by atoms with Gasteiger partial charge < -0.3 is 14.0 Å². The molecular formula is C24H21FN2O5. The van der Waals surface area contributed by atoms with Crippen molar-refractivity contribution in [3.05, 3.63) is 81.4 Å². The molecule has 1 heterocycles. The lowest BCUT2D eigenvalue weighted by atomic mass is 9.97. The van der Waals surface area contributed by atoms with Crippen molar-refractivity contribution < 1.29 is 23.5 Å². The van der Waals surface area contributed by atoms with Crippen LogP contribution in [0.25, 0.3) is 10.9 Å². The predicted octanol–water partition coefficient (Wildman–Crippen LogP) is 3.54. The zero-order valence-electron chi connectivity index (χ0n) is 17.6. The molecule has 7 nitrogen and oxygen atoms in total. The van der Waals surface area contributed by atoms with Gasteiger partial charge in [0.05, 0.1) is 24.8 Å². The highest BCUT2D eigenvalue weighted by atomic mass is 19.1. The standard InChI is InChI=1S/C24H21FN2O5/c1-3-31-23(29)18(12-26)16-11-21-17(10-20(16)25)22(28)19(24(30)32-4-2)14-27(21)13-15-8-6-5-7-9-15/h5-11,14,18H,3-4,13H2,1-2H3. The lowest BCUT2D eigenvalue weighted by molar-refractivity contribution is -0.143. The Morgan fingerprint density at radius 3 is 2.44 bits per heavy atom. The van der Waals surface area contributed by atoms with Crippen molar-refractivity contribution >= 4 is 22.8 Å². The number of ether oxygens (including phenoxy) is 2. The second kappa shape index (κ2) is 9.88. The van der Waals surface area contributed by atoms with E-state index in [9.17, 15) is 24.0 Å². The highest BCUT2D eigenvalue weighted by Gasteiger charge is 2.27. The Bertz CT molecular complexity index is 1260. The van der Waals surface area contributed by atoms with E-state index in [2.05, 4.69) is 0 Å². The van der Waals surface area contributed by atoms with E-state index < -0.39 is 29.1 Å². The summed E-state index contributed by atoms with van der Waals surface area (Å²) >= 11 is 0. The molecule has 0 saturated carbocycles. The van der Waals surface area contributed by atoms with Gasteiger partial charge in [-0.3, -0.25) is 9.59 Å². The van der Waals surface area contributed by atoms with Gasteiger partial charge in [-0.25, -0.2) is 9.18 Å². The average molecular weight is 436 g/mol. The summed E-state index contributed by atoms with van der Waals surface area (Å²) in [6, 6.07) is 13.2. The number of hydrogen-bond donors (Lipinski definition) is 0. The van der Waals surface area contributed by atoms with E-state index in [1.807, 2.05) is 30.3 Å². The van der Waals surface area contributed by atoms with Gasteiger partial charge in [0.1, 0.15) is 11.4 Å². The van der Waals surface area contributed by atoms with Crippen LogP contribution in [0.2, 0.25) is 0 Å². The van der Waals surface area contributed by atoms with E-state index in [0.717, 1.165) is 11.6 Å². The number of rotatable bonds is 7. The second-order valence-corrected chi connectivity index (χ2v) is 6.91. The molecule has 0 aliphatic heterocycles. The minimum atomic E-state index is -1.50. The number of aromatic nitrogens is 1. The third-order valence-electron chi connectivity index (χ3n) is 4.85. The minimum Gasteiger partial charge on any atom is -0.465 e. The van der Waals surface area contributed by atoms with Gasteiger partial charge >= 0.3 is 11.9 Å². The second-order valence-electron chi connectivity index (χ2n) is 6.91. The summed E-state index contributed by atoms with van der Waals surface area (Å²) in [6.45, 7) is 3.56. The van der Waals surface area contributed by atoms with Crippen LogP contribution in [0.4, 0.5) is 4.39 Å². The maximum atomic E-state index is 15.0. The summed E-state index contributed by atoms with van der Waals surface area (Å²) in [5.41, 5.74) is -0.000679. The topological polar surface area (TPSA) is 98.4 Å². The zero-order chi connectivity index (χ0) is 23.3. The molecule has 164 valence electrons. The molecule has 0 amide bonds. The largest absolute Gasteiger partial charge is 0.465 e. The van der Waals surface area contributed by atoms with Gasteiger partial charge in [-0.2, -0.15) is 5.26 Å². The van der Waals surface area contributed by atoms with E-state index in [-0.39, 0.29) is 41.8 Å². The normalized spacial score (nSPS) is 11.6. The van der Waals surface area contributed by atoms with Crippen molar-refractivity contribution in [2.45, 2.75) is 26.3 Å². The molecule has 1 aromatic heterocycles. The molecule has 3 rings (SSSR count). The van der Waals surface area contributed by atoms with Crippen LogP contribution >= 0.6 is 0 Å². The van der Waals surface area contributed by atoms with Crippen molar-refractivity contribution in [1.29, 1.82) is 5.26 Å². The number of carbonyl (C=O) groups is 2. The van der Waals surface area contributed by atoms with Gasteiger partial charge in [-0.1, -0.05) is 30.3 Å². The third kappa shape index (κ3) is 4.52. The summed E-state index contributed by atoms with van der Waals surface area (Å²) in [5.74, 6) is -4.11. The molecule has 0 aliphatic rings. The van der Waals surface area contributed by atoms with E-state index in [1.165, 1.54) is 12.3 Å². The number of nitrogens with zero attached hydrogens (tertiary/aromatic N) is 2. The number of nitriles is 1. The summed E-state index contributed by atoms with van der Waals surface area (Å²) in [6.07, 6.45) is 1.35. The number of hydrogen-bond acceptors (Lipinski definition) is 6. The quantitative estimate of drug-likeness (QED) is 0.526. The number of benzene rings is 2. The smallest absolute Gasteiger partial charge is 0.343 e. The fraction of sp³-hybridized carbons (Fsp3) is 0.250. The first-order valence-electron chi connectivity index (χ1n) is 10.0.